The molecular formula is C18H25NO4. The molecule has 0 spiro atoms. The molecule has 1 fully saturated rings. The van der Waals surface area contributed by atoms with Crippen LogP contribution < -0.4 is 10.1 Å². The highest BCUT2D eigenvalue weighted by Crippen LogP contribution is 2.34. The van der Waals surface area contributed by atoms with Crippen molar-refractivity contribution >= 4 is 11.9 Å². The third kappa shape index (κ3) is 4.24. The first-order valence-electron chi connectivity index (χ1n) is 8.24. The molecular weight excluding hydrogens is 294 g/mol. The second-order valence-electron chi connectivity index (χ2n) is 6.38. The van der Waals surface area contributed by atoms with Gasteiger partial charge < -0.3 is 15.2 Å². The van der Waals surface area contributed by atoms with E-state index in [1.54, 1.807) is 18.2 Å². The van der Waals surface area contributed by atoms with Gasteiger partial charge in [-0.2, -0.15) is 0 Å². The van der Waals surface area contributed by atoms with E-state index in [1.807, 2.05) is 19.9 Å². The second kappa shape index (κ2) is 7.49. The van der Waals surface area contributed by atoms with Crippen molar-refractivity contribution < 1.29 is 19.4 Å². The Kier molecular flexibility index (Phi) is 5.64. The van der Waals surface area contributed by atoms with E-state index < -0.39 is 17.4 Å². The fourth-order valence-electron chi connectivity index (χ4n) is 3.16. The van der Waals surface area contributed by atoms with Gasteiger partial charge >= 0.3 is 5.97 Å². The van der Waals surface area contributed by atoms with Crippen LogP contribution in [0.25, 0.3) is 0 Å². The first-order valence-corrected chi connectivity index (χ1v) is 8.24. The van der Waals surface area contributed by atoms with Gasteiger partial charge in [0.2, 0.25) is 0 Å². The van der Waals surface area contributed by atoms with Crippen LogP contribution in [0, 0.1) is 5.92 Å². The van der Waals surface area contributed by atoms with Gasteiger partial charge in [-0.15, -0.1) is 0 Å². The van der Waals surface area contributed by atoms with Crippen LogP contribution in [0.5, 0.6) is 5.75 Å². The summed E-state index contributed by atoms with van der Waals surface area (Å²) in [5.74, 6) is -0.974. The van der Waals surface area contributed by atoms with E-state index in [4.69, 9.17) is 4.74 Å². The minimum absolute atomic E-state index is 0.248. The summed E-state index contributed by atoms with van der Waals surface area (Å²) >= 11 is 0. The average Bonchev–Trinajstić information content (AvgIpc) is 2.53. The van der Waals surface area contributed by atoms with Crippen molar-refractivity contribution in [3.05, 3.63) is 29.8 Å². The van der Waals surface area contributed by atoms with Crippen LogP contribution in [0.4, 0.5) is 0 Å². The van der Waals surface area contributed by atoms with Gasteiger partial charge in [0.05, 0.1) is 18.1 Å². The molecule has 2 N–H and O–H groups in total. The maximum Gasteiger partial charge on any atom is 0.308 e. The Morgan fingerprint density at radius 3 is 2.87 bits per heavy atom. The van der Waals surface area contributed by atoms with Gasteiger partial charge in [0.15, 0.2) is 0 Å². The number of benzene rings is 1. The third-order valence-electron chi connectivity index (χ3n) is 4.47. The van der Waals surface area contributed by atoms with Crippen molar-refractivity contribution in [3.63, 3.8) is 0 Å². The predicted molar refractivity (Wildman–Crippen MR) is 87.7 cm³/mol. The number of carboxylic acid groups (broad SMARTS) is 1. The van der Waals surface area contributed by atoms with Crippen LogP contribution >= 0.6 is 0 Å². The number of hydrogen-bond acceptors (Lipinski definition) is 3. The van der Waals surface area contributed by atoms with Gasteiger partial charge in [-0.1, -0.05) is 25.8 Å². The minimum atomic E-state index is -0.840. The molecule has 2 atom stereocenters. The number of carbonyl (C=O) groups is 2. The molecule has 0 heterocycles. The molecule has 0 bridgehead atoms. The van der Waals surface area contributed by atoms with Crippen LogP contribution in [0.2, 0.25) is 0 Å². The van der Waals surface area contributed by atoms with E-state index in [9.17, 15) is 14.7 Å². The number of hydrogen-bond donors (Lipinski definition) is 2. The molecule has 0 aliphatic heterocycles. The molecule has 23 heavy (non-hydrogen) atoms. The zero-order chi connectivity index (χ0) is 16.9. The zero-order valence-electron chi connectivity index (χ0n) is 13.8. The molecule has 0 aromatic heterocycles. The number of aliphatic carboxylic acids is 1. The standard InChI is InChI=1S/C18H25NO4/c1-3-11-23-14-8-6-7-13(12-14)16(20)19-18(2)10-5-4-9-15(18)17(21)22/h6-8,12,15H,3-5,9-11H2,1-2H3,(H,19,20)(H,21,22). The maximum absolute atomic E-state index is 12.6. The minimum Gasteiger partial charge on any atom is -0.494 e. The van der Waals surface area contributed by atoms with Crippen molar-refractivity contribution in [1.29, 1.82) is 0 Å². The molecule has 2 unspecified atom stereocenters. The Labute approximate surface area is 137 Å². The molecule has 1 aliphatic rings. The molecule has 5 nitrogen and oxygen atoms in total. The van der Waals surface area contributed by atoms with E-state index >= 15 is 0 Å². The van der Waals surface area contributed by atoms with Crippen LogP contribution in [-0.4, -0.2) is 29.1 Å². The number of ether oxygens (including phenoxy) is 1. The second-order valence-corrected chi connectivity index (χ2v) is 6.38. The van der Waals surface area contributed by atoms with Crippen LogP contribution in [0.15, 0.2) is 24.3 Å². The van der Waals surface area contributed by atoms with E-state index in [0.29, 0.717) is 30.8 Å². The largest absolute Gasteiger partial charge is 0.494 e. The first-order chi connectivity index (χ1) is 11.0. The fourth-order valence-corrected chi connectivity index (χ4v) is 3.16. The van der Waals surface area contributed by atoms with Gasteiger partial charge in [0.25, 0.3) is 5.91 Å². The van der Waals surface area contributed by atoms with E-state index in [0.717, 1.165) is 19.3 Å². The number of nitrogens with one attached hydrogen (secondary N) is 1. The summed E-state index contributed by atoms with van der Waals surface area (Å²) in [6.07, 6.45) is 4.01. The lowest BCUT2D eigenvalue weighted by atomic mass is 9.73. The maximum atomic E-state index is 12.6. The molecule has 2 rings (SSSR count). The number of carboxylic acids is 1. The topological polar surface area (TPSA) is 75.6 Å². The Morgan fingerprint density at radius 1 is 1.39 bits per heavy atom. The fraction of sp³-hybridized carbons (Fsp3) is 0.556. The molecule has 1 amide bonds. The van der Waals surface area contributed by atoms with Crippen molar-refractivity contribution in [2.75, 3.05) is 6.61 Å². The van der Waals surface area contributed by atoms with Crippen LogP contribution in [0.3, 0.4) is 0 Å². The summed E-state index contributed by atoms with van der Waals surface area (Å²) in [6, 6.07) is 7.01. The highest BCUT2D eigenvalue weighted by Gasteiger charge is 2.42. The Balaban J connectivity index is 2.12. The summed E-state index contributed by atoms with van der Waals surface area (Å²) in [4.78, 5) is 24.0. The van der Waals surface area contributed by atoms with Crippen molar-refractivity contribution in [3.8, 4) is 5.75 Å². The molecule has 1 saturated carbocycles. The van der Waals surface area contributed by atoms with Crippen molar-refractivity contribution in [2.24, 2.45) is 5.92 Å². The molecule has 1 aliphatic carbocycles. The highest BCUT2D eigenvalue weighted by atomic mass is 16.5. The van der Waals surface area contributed by atoms with Crippen LogP contribution in [0.1, 0.15) is 56.3 Å². The van der Waals surface area contributed by atoms with E-state index in [2.05, 4.69) is 5.32 Å². The molecule has 1 aromatic carbocycles. The Morgan fingerprint density at radius 2 is 2.17 bits per heavy atom. The lowest BCUT2D eigenvalue weighted by Crippen LogP contribution is -2.55. The molecule has 126 valence electrons. The zero-order valence-corrected chi connectivity index (χ0v) is 13.8. The molecule has 0 radical (unpaired) electrons. The third-order valence-corrected chi connectivity index (χ3v) is 4.47. The van der Waals surface area contributed by atoms with E-state index in [1.165, 1.54) is 0 Å². The summed E-state index contributed by atoms with van der Waals surface area (Å²) in [6.45, 7) is 4.46. The summed E-state index contributed by atoms with van der Waals surface area (Å²) in [7, 11) is 0. The van der Waals surface area contributed by atoms with Gasteiger partial charge in [-0.3, -0.25) is 9.59 Å². The van der Waals surface area contributed by atoms with Gasteiger partial charge in [-0.25, -0.2) is 0 Å². The van der Waals surface area contributed by atoms with Crippen molar-refractivity contribution in [2.45, 2.75) is 51.5 Å². The first kappa shape index (κ1) is 17.3. The SMILES string of the molecule is CCCOc1cccc(C(=O)NC2(C)CCCCC2C(=O)O)c1. The lowest BCUT2D eigenvalue weighted by molar-refractivity contribution is -0.145. The van der Waals surface area contributed by atoms with Gasteiger partial charge in [0.1, 0.15) is 5.75 Å². The Bertz CT molecular complexity index is 572. The average molecular weight is 319 g/mol. The van der Waals surface area contributed by atoms with Gasteiger partial charge in [0, 0.05) is 5.56 Å². The normalized spacial score (nSPS) is 24.0. The van der Waals surface area contributed by atoms with Crippen molar-refractivity contribution in [1.82, 2.24) is 5.32 Å². The van der Waals surface area contributed by atoms with E-state index in [-0.39, 0.29) is 5.91 Å². The predicted octanol–water partition coefficient (Wildman–Crippen LogP) is 3.24. The summed E-state index contributed by atoms with van der Waals surface area (Å²) in [5, 5.41) is 12.4. The van der Waals surface area contributed by atoms with Crippen LogP contribution in [-0.2, 0) is 4.79 Å². The quantitative estimate of drug-likeness (QED) is 0.844. The summed E-state index contributed by atoms with van der Waals surface area (Å²) < 4.78 is 5.55. The smallest absolute Gasteiger partial charge is 0.308 e. The number of rotatable bonds is 6. The van der Waals surface area contributed by atoms with Gasteiger partial charge in [-0.05, 0) is 44.4 Å². The Hall–Kier alpha value is -2.04. The number of carbonyl (C=O) groups excluding carboxylic acids is 1. The highest BCUT2D eigenvalue weighted by molar-refractivity contribution is 5.95. The molecule has 5 heteroatoms. The summed E-state index contributed by atoms with van der Waals surface area (Å²) in [5.41, 5.74) is -0.212. The lowest BCUT2D eigenvalue weighted by Gasteiger charge is -2.39. The molecule has 0 saturated heterocycles. The monoisotopic (exact) mass is 319 g/mol. The molecule has 1 aromatic rings. The number of amides is 1.